The smallest absolute Gasteiger partial charge is 0.0714 e. The van der Waals surface area contributed by atoms with Gasteiger partial charge in [-0.1, -0.05) is 477 Å². The minimum absolute atomic E-state index is 0.126. The molecule has 0 fully saturated rings. The molecular weight excluding hydrogens is 1730 g/mol. The van der Waals surface area contributed by atoms with E-state index in [1.165, 1.54) is 206 Å². The van der Waals surface area contributed by atoms with Crippen molar-refractivity contribution in [2.24, 2.45) is 0 Å². The number of anilines is 6. The second-order valence-electron chi connectivity index (χ2n) is 41.0. The highest BCUT2D eigenvalue weighted by molar-refractivity contribution is 6.02. The third-order valence-electron chi connectivity index (χ3n) is 33.4. The molecule has 0 N–H and O–H groups in total. The van der Waals surface area contributed by atoms with E-state index in [1.807, 2.05) is 0 Å². The summed E-state index contributed by atoms with van der Waals surface area (Å²) in [6.45, 7) is 9.59. The van der Waals surface area contributed by atoms with Crippen LogP contribution in [0.15, 0.2) is 534 Å². The van der Waals surface area contributed by atoms with E-state index in [4.69, 9.17) is 0 Å². The van der Waals surface area contributed by atoms with Gasteiger partial charge in [0.25, 0.3) is 0 Å². The maximum atomic E-state index is 2.56. The van der Waals surface area contributed by atoms with E-state index in [2.05, 4.69) is 571 Å². The summed E-state index contributed by atoms with van der Waals surface area (Å²) in [5.74, 6) is 0. The molecule has 0 saturated carbocycles. The maximum Gasteiger partial charge on any atom is 0.0714 e. The summed E-state index contributed by atoms with van der Waals surface area (Å²) in [6.07, 6.45) is 0. The van der Waals surface area contributed by atoms with E-state index < -0.39 is 21.7 Å². The van der Waals surface area contributed by atoms with Crippen LogP contribution in [0.2, 0.25) is 0 Å². The molecule has 0 amide bonds. The van der Waals surface area contributed by atoms with Gasteiger partial charge in [0.1, 0.15) is 0 Å². The average Bonchev–Trinajstić information content (AvgIpc) is 1.54. The zero-order valence-corrected chi connectivity index (χ0v) is 80.7. The van der Waals surface area contributed by atoms with Gasteiger partial charge in [0, 0.05) is 44.7 Å². The topological polar surface area (TPSA) is 6.48 Å². The van der Waals surface area contributed by atoms with Crippen molar-refractivity contribution in [3.63, 3.8) is 0 Å². The first-order valence-electron chi connectivity index (χ1n) is 50.7. The van der Waals surface area contributed by atoms with Crippen molar-refractivity contribution in [3.8, 4) is 100 Å². The first kappa shape index (κ1) is 84.5. The largest absolute Gasteiger partial charge is 0.310 e. The summed E-state index contributed by atoms with van der Waals surface area (Å²) in [5, 5.41) is 0. The normalized spacial score (nSPS) is 15.4. The van der Waals surface area contributed by atoms with E-state index in [0.717, 1.165) is 39.7 Å². The van der Waals surface area contributed by atoms with Crippen molar-refractivity contribution < 1.29 is 0 Å². The monoisotopic (exact) mass is 1830 g/mol. The molecule has 6 aliphatic carbocycles. The number of hydrogen-bond acceptors (Lipinski definition) is 2. The molecule has 0 aliphatic heterocycles. The molecule has 0 radical (unpaired) electrons. The fourth-order valence-electron chi connectivity index (χ4n) is 27.1. The van der Waals surface area contributed by atoms with E-state index in [-0.39, 0.29) is 10.8 Å². The Labute approximate surface area is 843 Å². The molecule has 22 aromatic carbocycles. The zero-order chi connectivity index (χ0) is 95.8. The lowest BCUT2D eigenvalue weighted by Crippen LogP contribution is -2.29. The Morgan fingerprint density at radius 3 is 0.764 bits per heavy atom. The number of benzene rings is 22. The lowest BCUT2D eigenvalue weighted by molar-refractivity contribution is 0.660. The van der Waals surface area contributed by atoms with Crippen LogP contribution in [0, 0.1) is 0 Å². The highest BCUT2D eigenvalue weighted by Gasteiger charge is 2.53. The molecule has 2 nitrogen and oxygen atoms in total. The Bertz CT molecular complexity index is 8770. The van der Waals surface area contributed by atoms with Gasteiger partial charge in [-0.25, -0.2) is 0 Å². The summed E-state index contributed by atoms with van der Waals surface area (Å²) in [6, 6.07) is 203. The van der Waals surface area contributed by atoms with Gasteiger partial charge in [-0.05, 0) is 285 Å². The minimum Gasteiger partial charge on any atom is -0.310 e. The number of fused-ring (bicyclic) bond motifs is 18. The van der Waals surface area contributed by atoms with Crippen LogP contribution in [0.5, 0.6) is 0 Å². The molecule has 2 heteroatoms. The van der Waals surface area contributed by atoms with Crippen LogP contribution < -0.4 is 9.80 Å². The van der Waals surface area contributed by atoms with Crippen molar-refractivity contribution in [2.75, 3.05) is 9.80 Å². The summed E-state index contributed by atoms with van der Waals surface area (Å²) < 4.78 is 0. The SMILES string of the molecule is CC1(C)c2ccccc2-c2ccc(-c3ccc(N(c4ccc(C5(c6ccccc6)c6ccccc6-c6cc(-c7ccc8c(c7)-c7ccc(-c9ccc(N(c%10ccc%11c(c%10)C(c%10ccccc%10)(c%10ccccc%10)c%10ccccc%10-%11)c%10cccc%11c%10-c%10ccccc%10C%11(c%10ccccc%10)c%10ccccc%10)cc9)cc7C8(C)C)ccc65)cc4)c4cccc5c4-c4ccccc4C5(c4ccccc4)c4ccccc4)cc3)cc21. The van der Waals surface area contributed by atoms with Crippen molar-refractivity contribution in [3.05, 3.63) is 645 Å². The molecule has 0 heterocycles. The molecule has 1 atom stereocenters. The molecule has 0 aromatic heterocycles. The molecular formula is C142H100N2. The highest BCUT2D eigenvalue weighted by Crippen LogP contribution is 2.66. The number of nitrogens with zero attached hydrogens (tertiary/aromatic N) is 2. The average molecular weight is 1830 g/mol. The Hall–Kier alpha value is -17.6. The van der Waals surface area contributed by atoms with Crippen molar-refractivity contribution >= 4 is 34.1 Å². The number of rotatable bonds is 17. The second-order valence-corrected chi connectivity index (χ2v) is 41.0. The Morgan fingerprint density at radius 2 is 0.361 bits per heavy atom. The molecule has 6 aliphatic rings. The fraction of sp³-hybridized carbons (Fsp3) is 0.0704. The van der Waals surface area contributed by atoms with Gasteiger partial charge in [-0.15, -0.1) is 0 Å². The summed E-state index contributed by atoms with van der Waals surface area (Å²) in [5.41, 5.74) is 51.2. The molecule has 0 spiro atoms. The van der Waals surface area contributed by atoms with Crippen molar-refractivity contribution in [1.82, 2.24) is 0 Å². The molecule has 0 saturated heterocycles. The molecule has 0 bridgehead atoms. The van der Waals surface area contributed by atoms with Gasteiger partial charge in [0.05, 0.1) is 33.0 Å². The molecule has 28 rings (SSSR count). The fourth-order valence-corrected chi connectivity index (χ4v) is 27.1. The molecule has 22 aromatic rings. The van der Waals surface area contributed by atoms with Gasteiger partial charge in [0.15, 0.2) is 0 Å². The molecule has 1 unspecified atom stereocenters. The second kappa shape index (κ2) is 32.5. The van der Waals surface area contributed by atoms with Gasteiger partial charge in [-0.2, -0.15) is 0 Å². The summed E-state index contributed by atoms with van der Waals surface area (Å²) in [4.78, 5) is 5.10. The first-order valence-corrected chi connectivity index (χ1v) is 50.7. The van der Waals surface area contributed by atoms with Gasteiger partial charge in [-0.3, -0.25) is 0 Å². The van der Waals surface area contributed by atoms with Crippen LogP contribution in [0.25, 0.3) is 100 Å². The van der Waals surface area contributed by atoms with Crippen LogP contribution >= 0.6 is 0 Å². The third kappa shape index (κ3) is 12.1. The third-order valence-corrected chi connectivity index (χ3v) is 33.4. The van der Waals surface area contributed by atoms with Crippen LogP contribution in [0.4, 0.5) is 34.1 Å². The zero-order valence-electron chi connectivity index (χ0n) is 80.7. The van der Waals surface area contributed by atoms with E-state index in [1.54, 1.807) is 0 Å². The van der Waals surface area contributed by atoms with Crippen LogP contribution in [0.3, 0.4) is 0 Å². The van der Waals surface area contributed by atoms with Crippen molar-refractivity contribution in [2.45, 2.75) is 60.2 Å². The summed E-state index contributed by atoms with van der Waals surface area (Å²) in [7, 11) is 0. The Kier molecular flexibility index (Phi) is 19.1. The van der Waals surface area contributed by atoms with E-state index >= 15 is 0 Å². The molecule has 144 heavy (non-hydrogen) atoms. The predicted molar refractivity (Wildman–Crippen MR) is 596 cm³/mol. The van der Waals surface area contributed by atoms with Gasteiger partial charge in [0.2, 0.25) is 0 Å². The van der Waals surface area contributed by atoms with Gasteiger partial charge < -0.3 is 9.80 Å². The summed E-state index contributed by atoms with van der Waals surface area (Å²) >= 11 is 0. The van der Waals surface area contributed by atoms with Crippen LogP contribution in [-0.4, -0.2) is 0 Å². The lowest BCUT2D eigenvalue weighted by atomic mass is 9.67. The minimum atomic E-state index is -0.678. The van der Waals surface area contributed by atoms with Crippen LogP contribution in [-0.2, 0) is 32.5 Å². The quantitative estimate of drug-likeness (QED) is 0.0896. The highest BCUT2D eigenvalue weighted by atomic mass is 15.2. The lowest BCUT2D eigenvalue weighted by Gasteiger charge is -2.35. The first-order chi connectivity index (χ1) is 70.9. The van der Waals surface area contributed by atoms with Crippen LogP contribution in [0.1, 0.15) is 139 Å². The van der Waals surface area contributed by atoms with Crippen molar-refractivity contribution in [1.29, 1.82) is 0 Å². The number of hydrogen-bond donors (Lipinski definition) is 0. The molecule has 678 valence electrons. The standard InChI is InChI=1S/C142H100N2/c1-137(2)121-57-31-26-52-111(121)114-83-70-97(90-130(114)137)93-66-76-107(77-67-93)143(133-64-36-62-128-135(133)117-55-29-34-60-125(117)140(128,100-40-14-6-15-41-100)101-42-16-7-17-43-101)109-80-74-106(75-81-109)139(99-38-12-5-13-39-99)124-59-33-28-54-113(124)120-89-96(73-87-127(120)139)95-72-86-122-119(88-95)116-84-71-98(91-131(116)138(122,3)4)94-68-78-108(79-69-94)144(110-82-85-115-112-53-27-32-58-123(112)142(132(115)92-110,104-48-22-10-23-49-104)105-50-24-11-25-51-105)134-65-37-63-129-136(134)118-56-30-35-61-126(118)141(129,102-44-18-8-19-45-102)103-46-20-9-21-47-103/h5-92H,1-4H3. The maximum absolute atomic E-state index is 2.56. The van der Waals surface area contributed by atoms with Gasteiger partial charge >= 0.3 is 0 Å². The van der Waals surface area contributed by atoms with E-state index in [0.29, 0.717) is 0 Å². The predicted octanol–water partition coefficient (Wildman–Crippen LogP) is 35.7. The Balaban J connectivity index is 0.547. The Morgan fingerprint density at radius 1 is 0.132 bits per heavy atom. The van der Waals surface area contributed by atoms with E-state index in [9.17, 15) is 0 Å².